The second-order valence-corrected chi connectivity index (χ2v) is 7.50. The maximum Gasteiger partial charge on any atom is 0.259 e. The highest BCUT2D eigenvalue weighted by Gasteiger charge is 2.20. The van der Waals surface area contributed by atoms with Gasteiger partial charge >= 0.3 is 0 Å². The molecule has 1 aromatic heterocycles. The maximum absolute atomic E-state index is 13.3. The zero-order chi connectivity index (χ0) is 23.2. The van der Waals surface area contributed by atoms with Crippen LogP contribution in [0, 0.1) is 6.92 Å². The summed E-state index contributed by atoms with van der Waals surface area (Å²) in [6, 6.07) is 24.4. The molecule has 7 nitrogen and oxygen atoms in total. The van der Waals surface area contributed by atoms with Gasteiger partial charge in [0.25, 0.3) is 5.91 Å². The van der Waals surface area contributed by atoms with E-state index in [1.54, 1.807) is 35.1 Å². The fraction of sp³-hybridized carbons (Fsp3) is 0.115. The van der Waals surface area contributed by atoms with Crippen molar-refractivity contribution in [2.24, 2.45) is 0 Å². The molecule has 0 unspecified atom stereocenters. The lowest BCUT2D eigenvalue weighted by Gasteiger charge is -2.09. The Labute approximate surface area is 192 Å². The molecule has 3 aromatic carbocycles. The van der Waals surface area contributed by atoms with Gasteiger partial charge in [0, 0.05) is 30.2 Å². The van der Waals surface area contributed by atoms with Gasteiger partial charge < -0.3 is 15.4 Å². The summed E-state index contributed by atoms with van der Waals surface area (Å²) in [4.78, 5) is 24.9. The van der Waals surface area contributed by atoms with Gasteiger partial charge in [0.05, 0.1) is 11.3 Å². The van der Waals surface area contributed by atoms with Crippen LogP contribution < -0.4 is 10.6 Å². The Bertz CT molecular complexity index is 1260. The molecule has 0 aliphatic carbocycles. The van der Waals surface area contributed by atoms with Gasteiger partial charge in [0.2, 0.25) is 5.91 Å². The van der Waals surface area contributed by atoms with E-state index >= 15 is 0 Å². The fourth-order valence-corrected chi connectivity index (χ4v) is 3.45. The summed E-state index contributed by atoms with van der Waals surface area (Å²) in [5.74, 6) is -0.517. The summed E-state index contributed by atoms with van der Waals surface area (Å²) in [7, 11) is 1.46. The highest BCUT2D eigenvalue weighted by molar-refractivity contribution is 6.08. The van der Waals surface area contributed by atoms with Crippen molar-refractivity contribution >= 4 is 23.2 Å². The minimum atomic E-state index is -0.272. The second-order valence-electron chi connectivity index (χ2n) is 7.50. The normalized spacial score (nSPS) is 10.6. The van der Waals surface area contributed by atoms with Crippen molar-refractivity contribution in [1.82, 2.24) is 9.78 Å². The number of aryl methyl sites for hydroxylation is 1. The lowest BCUT2D eigenvalue weighted by atomic mass is 10.0. The third-order valence-electron chi connectivity index (χ3n) is 5.08. The van der Waals surface area contributed by atoms with Gasteiger partial charge in [0.15, 0.2) is 0 Å². The van der Waals surface area contributed by atoms with Gasteiger partial charge in [-0.3, -0.25) is 9.59 Å². The largest absolute Gasteiger partial charge is 0.375 e. The van der Waals surface area contributed by atoms with Crippen LogP contribution in [0.2, 0.25) is 0 Å². The Balaban J connectivity index is 1.62. The molecule has 0 atom stereocenters. The van der Waals surface area contributed by atoms with Crippen molar-refractivity contribution in [2.75, 3.05) is 24.4 Å². The Morgan fingerprint density at radius 2 is 1.52 bits per heavy atom. The van der Waals surface area contributed by atoms with E-state index < -0.39 is 0 Å². The van der Waals surface area contributed by atoms with E-state index in [-0.39, 0.29) is 18.4 Å². The lowest BCUT2D eigenvalue weighted by molar-refractivity contribution is -0.119. The van der Waals surface area contributed by atoms with Gasteiger partial charge in [-0.15, -0.1) is 0 Å². The molecule has 0 spiro atoms. The molecule has 0 aliphatic rings. The summed E-state index contributed by atoms with van der Waals surface area (Å²) < 4.78 is 6.53. The van der Waals surface area contributed by atoms with E-state index in [2.05, 4.69) is 10.6 Å². The van der Waals surface area contributed by atoms with Crippen LogP contribution in [0.4, 0.5) is 11.4 Å². The predicted molar refractivity (Wildman–Crippen MR) is 129 cm³/mol. The Hall–Kier alpha value is -4.23. The Morgan fingerprint density at radius 1 is 0.879 bits per heavy atom. The molecule has 0 fully saturated rings. The van der Waals surface area contributed by atoms with Crippen LogP contribution in [0.25, 0.3) is 16.9 Å². The van der Waals surface area contributed by atoms with Crippen LogP contribution in [0.15, 0.2) is 85.1 Å². The van der Waals surface area contributed by atoms with E-state index in [4.69, 9.17) is 9.84 Å². The number of nitrogens with one attached hydrogen (secondary N) is 2. The molecular weight excluding hydrogens is 416 g/mol. The number of hydrogen-bond donors (Lipinski definition) is 2. The van der Waals surface area contributed by atoms with Gasteiger partial charge in [0.1, 0.15) is 12.3 Å². The van der Waals surface area contributed by atoms with E-state index in [1.165, 1.54) is 7.11 Å². The number of benzene rings is 3. The van der Waals surface area contributed by atoms with Crippen molar-refractivity contribution < 1.29 is 14.3 Å². The van der Waals surface area contributed by atoms with Gasteiger partial charge in [-0.05, 0) is 48.9 Å². The highest BCUT2D eigenvalue weighted by atomic mass is 16.5. The first-order chi connectivity index (χ1) is 16.0. The number of methoxy groups -OCH3 is 1. The topological polar surface area (TPSA) is 85.3 Å². The molecule has 2 amide bonds. The zero-order valence-corrected chi connectivity index (χ0v) is 18.4. The molecule has 1 heterocycles. The molecule has 0 radical (unpaired) electrons. The number of ether oxygens (including phenoxy) is 1. The minimum absolute atomic E-state index is 0.0223. The lowest BCUT2D eigenvalue weighted by Crippen LogP contribution is -2.17. The zero-order valence-electron chi connectivity index (χ0n) is 18.4. The first kappa shape index (κ1) is 22.0. The number of carbonyl (C=O) groups excluding carboxylic acids is 2. The summed E-state index contributed by atoms with van der Waals surface area (Å²) in [6.07, 6.45) is 1.74. The molecule has 4 rings (SSSR count). The predicted octanol–water partition coefficient (Wildman–Crippen LogP) is 4.68. The van der Waals surface area contributed by atoms with E-state index in [0.717, 1.165) is 16.8 Å². The van der Waals surface area contributed by atoms with Crippen LogP contribution in [-0.2, 0) is 9.53 Å². The SMILES string of the molecule is COCC(=O)Nc1ccc(NC(=O)c2cn(-c3ccccc3)nc2-c2ccccc2C)cc1. The number of aromatic nitrogens is 2. The Kier molecular flexibility index (Phi) is 6.61. The van der Waals surface area contributed by atoms with Gasteiger partial charge in [-0.2, -0.15) is 5.10 Å². The molecule has 0 saturated heterocycles. The number of amides is 2. The summed E-state index contributed by atoms with van der Waals surface area (Å²) in [5, 5.41) is 10.4. The van der Waals surface area contributed by atoms with E-state index in [1.807, 2.05) is 61.5 Å². The second kappa shape index (κ2) is 9.93. The molecule has 4 aromatic rings. The number of para-hydroxylation sites is 1. The third kappa shape index (κ3) is 5.16. The number of hydrogen-bond acceptors (Lipinski definition) is 4. The van der Waals surface area contributed by atoms with Crippen LogP contribution in [0.3, 0.4) is 0 Å². The van der Waals surface area contributed by atoms with E-state index in [0.29, 0.717) is 22.6 Å². The number of rotatable bonds is 7. The quantitative estimate of drug-likeness (QED) is 0.437. The first-order valence-electron chi connectivity index (χ1n) is 10.5. The molecule has 0 saturated carbocycles. The van der Waals surface area contributed by atoms with Crippen LogP contribution in [0.1, 0.15) is 15.9 Å². The Morgan fingerprint density at radius 3 is 2.18 bits per heavy atom. The van der Waals surface area contributed by atoms with Crippen LogP contribution in [0.5, 0.6) is 0 Å². The smallest absolute Gasteiger partial charge is 0.259 e. The maximum atomic E-state index is 13.3. The van der Waals surface area contributed by atoms with Crippen molar-refractivity contribution in [3.05, 3.63) is 96.2 Å². The van der Waals surface area contributed by atoms with Crippen molar-refractivity contribution in [3.8, 4) is 16.9 Å². The molecule has 0 aliphatic heterocycles. The molecule has 166 valence electrons. The average Bonchev–Trinajstić information content (AvgIpc) is 3.27. The van der Waals surface area contributed by atoms with Crippen LogP contribution >= 0.6 is 0 Å². The van der Waals surface area contributed by atoms with Crippen molar-refractivity contribution in [1.29, 1.82) is 0 Å². The van der Waals surface area contributed by atoms with E-state index in [9.17, 15) is 9.59 Å². The highest BCUT2D eigenvalue weighted by Crippen LogP contribution is 2.27. The fourth-order valence-electron chi connectivity index (χ4n) is 3.45. The molecule has 2 N–H and O–H groups in total. The minimum Gasteiger partial charge on any atom is -0.375 e. The molecule has 0 bridgehead atoms. The number of nitrogens with zero attached hydrogens (tertiary/aromatic N) is 2. The van der Waals surface area contributed by atoms with Gasteiger partial charge in [-0.25, -0.2) is 4.68 Å². The number of carbonyl (C=O) groups is 2. The molecule has 33 heavy (non-hydrogen) atoms. The first-order valence-corrected chi connectivity index (χ1v) is 10.5. The monoisotopic (exact) mass is 440 g/mol. The van der Waals surface area contributed by atoms with Gasteiger partial charge in [-0.1, -0.05) is 42.5 Å². The summed E-state index contributed by atoms with van der Waals surface area (Å²) in [6.45, 7) is 1.97. The van der Waals surface area contributed by atoms with Crippen molar-refractivity contribution in [3.63, 3.8) is 0 Å². The summed E-state index contributed by atoms with van der Waals surface area (Å²) in [5.41, 5.74) is 5.08. The van der Waals surface area contributed by atoms with Crippen LogP contribution in [-0.4, -0.2) is 35.3 Å². The summed E-state index contributed by atoms with van der Waals surface area (Å²) >= 11 is 0. The molecule has 7 heteroatoms. The van der Waals surface area contributed by atoms with Crippen molar-refractivity contribution in [2.45, 2.75) is 6.92 Å². The third-order valence-corrected chi connectivity index (χ3v) is 5.08. The molecular formula is C26H24N4O3. The average molecular weight is 441 g/mol. The number of anilines is 2. The standard InChI is InChI=1S/C26H24N4O3/c1-18-8-6-7-11-22(18)25-23(16-30(29-25)21-9-4-3-5-10-21)26(32)28-20-14-12-19(13-15-20)27-24(31)17-33-2/h3-16H,17H2,1-2H3,(H,27,31)(H,28,32).